The standard InChI is InChI=1S/C17H19ClN4OS2.ClH/c1-2-22-8-7-12-13(9-22)25-16(14(12)15(19)23)21-17(24)20-11-5-3-10(18)4-6-11;/h3-6H,2,7-9H2,1H3,(H2,19,23)(H2,20,21,24);1H. The molecule has 2 heterocycles. The van der Waals surface area contributed by atoms with Crippen LogP contribution in [0.4, 0.5) is 10.7 Å². The Morgan fingerprint density at radius 2 is 2.04 bits per heavy atom. The Balaban J connectivity index is 0.00000243. The van der Waals surface area contributed by atoms with E-state index in [0.29, 0.717) is 20.7 Å². The number of nitrogens with zero attached hydrogens (tertiary/aromatic N) is 1. The van der Waals surface area contributed by atoms with Gasteiger partial charge in [-0.25, -0.2) is 0 Å². The summed E-state index contributed by atoms with van der Waals surface area (Å²) in [5.41, 5.74) is 8.07. The summed E-state index contributed by atoms with van der Waals surface area (Å²) in [5.74, 6) is -0.417. The first-order valence-corrected chi connectivity index (χ1v) is 9.58. The Morgan fingerprint density at radius 1 is 1.35 bits per heavy atom. The van der Waals surface area contributed by atoms with Gasteiger partial charge >= 0.3 is 0 Å². The number of likely N-dealkylation sites (N-methyl/N-ethyl adjacent to an activating group) is 1. The molecule has 1 amide bonds. The number of anilines is 2. The number of rotatable bonds is 4. The van der Waals surface area contributed by atoms with E-state index in [9.17, 15) is 4.79 Å². The minimum absolute atomic E-state index is 0. The lowest BCUT2D eigenvalue weighted by molar-refractivity contribution is 0.1000. The SMILES string of the molecule is CCN1CCc2c(sc(NC(=S)Nc3ccc(Cl)cc3)c2C(N)=O)C1.Cl. The number of thiophene rings is 1. The molecule has 1 aliphatic heterocycles. The minimum atomic E-state index is -0.417. The third-order valence-corrected chi connectivity index (χ3v) is 5.75. The van der Waals surface area contributed by atoms with Gasteiger partial charge in [0.2, 0.25) is 0 Å². The van der Waals surface area contributed by atoms with Crippen LogP contribution < -0.4 is 16.4 Å². The molecule has 1 aromatic heterocycles. The zero-order chi connectivity index (χ0) is 18.0. The van der Waals surface area contributed by atoms with E-state index < -0.39 is 5.91 Å². The lowest BCUT2D eigenvalue weighted by atomic mass is 10.0. The van der Waals surface area contributed by atoms with Crippen molar-refractivity contribution in [2.75, 3.05) is 23.7 Å². The number of halogens is 2. The van der Waals surface area contributed by atoms with Gasteiger partial charge in [-0.2, -0.15) is 0 Å². The normalized spacial score (nSPS) is 13.5. The van der Waals surface area contributed by atoms with Crippen LogP contribution in [-0.4, -0.2) is 29.0 Å². The maximum absolute atomic E-state index is 12.0. The second kappa shape index (κ2) is 9.01. The van der Waals surface area contributed by atoms with Crippen molar-refractivity contribution >= 4 is 69.3 Å². The van der Waals surface area contributed by atoms with Crippen LogP contribution in [0.3, 0.4) is 0 Å². The number of nitrogens with two attached hydrogens (primary N) is 1. The molecule has 0 saturated carbocycles. The molecule has 9 heteroatoms. The fourth-order valence-electron chi connectivity index (χ4n) is 2.87. The van der Waals surface area contributed by atoms with Gasteiger partial charge in [0.1, 0.15) is 5.00 Å². The molecule has 3 rings (SSSR count). The van der Waals surface area contributed by atoms with Crippen molar-refractivity contribution in [1.82, 2.24) is 4.90 Å². The number of hydrogen-bond acceptors (Lipinski definition) is 4. The van der Waals surface area contributed by atoms with Gasteiger partial charge in [-0.15, -0.1) is 23.7 Å². The average molecular weight is 431 g/mol. The van der Waals surface area contributed by atoms with Crippen LogP contribution >= 0.6 is 47.6 Å². The van der Waals surface area contributed by atoms with Crippen LogP contribution in [-0.2, 0) is 13.0 Å². The second-order valence-corrected chi connectivity index (χ2v) is 7.73. The Bertz CT molecular complexity index is 808. The smallest absolute Gasteiger partial charge is 0.251 e. The van der Waals surface area contributed by atoms with Crippen LogP contribution in [0, 0.1) is 0 Å². The Labute approximate surface area is 173 Å². The Morgan fingerprint density at radius 3 is 2.65 bits per heavy atom. The molecule has 0 saturated heterocycles. The van der Waals surface area contributed by atoms with E-state index in [1.165, 1.54) is 4.88 Å². The van der Waals surface area contributed by atoms with E-state index in [2.05, 4.69) is 22.5 Å². The van der Waals surface area contributed by atoms with Crippen LogP contribution in [0.25, 0.3) is 0 Å². The molecule has 0 unspecified atom stereocenters. The number of amides is 1. The number of carbonyl (C=O) groups is 1. The zero-order valence-electron chi connectivity index (χ0n) is 14.2. The molecule has 26 heavy (non-hydrogen) atoms. The molecule has 1 aliphatic rings. The summed E-state index contributed by atoms with van der Waals surface area (Å²) < 4.78 is 0. The van der Waals surface area contributed by atoms with Gasteiger partial charge < -0.3 is 16.4 Å². The van der Waals surface area contributed by atoms with Gasteiger partial charge in [-0.3, -0.25) is 9.69 Å². The third-order valence-electron chi connectivity index (χ3n) is 4.16. The minimum Gasteiger partial charge on any atom is -0.365 e. The van der Waals surface area contributed by atoms with Crippen LogP contribution in [0.5, 0.6) is 0 Å². The fourth-order valence-corrected chi connectivity index (χ4v) is 4.58. The molecule has 140 valence electrons. The highest BCUT2D eigenvalue weighted by Gasteiger charge is 2.26. The van der Waals surface area contributed by atoms with Crippen molar-refractivity contribution in [3.63, 3.8) is 0 Å². The molecule has 2 aromatic rings. The molecule has 0 fully saturated rings. The quantitative estimate of drug-likeness (QED) is 0.636. The van der Waals surface area contributed by atoms with E-state index in [-0.39, 0.29) is 12.4 Å². The molecule has 0 bridgehead atoms. The van der Waals surface area contributed by atoms with Crippen molar-refractivity contribution in [3.8, 4) is 0 Å². The number of fused-ring (bicyclic) bond motifs is 1. The number of nitrogens with one attached hydrogen (secondary N) is 2. The fraction of sp³-hybridized carbons (Fsp3) is 0.294. The highest BCUT2D eigenvalue weighted by Crippen LogP contribution is 2.37. The van der Waals surface area contributed by atoms with Gasteiger partial charge in [0.25, 0.3) is 5.91 Å². The third kappa shape index (κ3) is 4.66. The predicted octanol–water partition coefficient (Wildman–Crippen LogP) is 4.11. The van der Waals surface area contributed by atoms with E-state index in [0.717, 1.165) is 37.3 Å². The molecule has 5 nitrogen and oxygen atoms in total. The summed E-state index contributed by atoms with van der Waals surface area (Å²) in [5, 5.41) is 8.00. The number of hydrogen-bond donors (Lipinski definition) is 3. The molecule has 0 atom stereocenters. The predicted molar refractivity (Wildman–Crippen MR) is 116 cm³/mol. The largest absolute Gasteiger partial charge is 0.365 e. The summed E-state index contributed by atoms with van der Waals surface area (Å²) >= 11 is 12.8. The first-order valence-electron chi connectivity index (χ1n) is 7.98. The number of thiocarbonyl (C=S) groups is 1. The highest BCUT2D eigenvalue weighted by molar-refractivity contribution is 7.80. The Hall–Kier alpha value is -1.38. The van der Waals surface area contributed by atoms with Crippen LogP contribution in [0.1, 0.15) is 27.7 Å². The van der Waals surface area contributed by atoms with Crippen molar-refractivity contribution in [2.24, 2.45) is 5.73 Å². The van der Waals surface area contributed by atoms with Gasteiger partial charge in [0, 0.05) is 28.7 Å². The zero-order valence-corrected chi connectivity index (χ0v) is 17.4. The Kier molecular flexibility index (Phi) is 7.25. The average Bonchev–Trinajstić information content (AvgIpc) is 2.93. The number of carbonyl (C=O) groups excluding carboxylic acids is 1. The summed E-state index contributed by atoms with van der Waals surface area (Å²) in [6.07, 6.45) is 0.830. The summed E-state index contributed by atoms with van der Waals surface area (Å²) in [4.78, 5) is 15.5. The molecule has 0 aliphatic carbocycles. The van der Waals surface area contributed by atoms with Crippen LogP contribution in [0.15, 0.2) is 24.3 Å². The summed E-state index contributed by atoms with van der Waals surface area (Å²) in [7, 11) is 0. The molecular formula is C17H20Cl2N4OS2. The molecular weight excluding hydrogens is 411 g/mol. The molecule has 4 N–H and O–H groups in total. The lowest BCUT2D eigenvalue weighted by Crippen LogP contribution is -2.30. The van der Waals surface area contributed by atoms with Crippen molar-refractivity contribution < 1.29 is 4.79 Å². The van der Waals surface area contributed by atoms with Crippen molar-refractivity contribution in [1.29, 1.82) is 0 Å². The van der Waals surface area contributed by atoms with Gasteiger partial charge in [0.15, 0.2) is 5.11 Å². The second-order valence-electron chi connectivity index (χ2n) is 5.78. The highest BCUT2D eigenvalue weighted by atomic mass is 35.5. The van der Waals surface area contributed by atoms with E-state index >= 15 is 0 Å². The maximum Gasteiger partial charge on any atom is 0.251 e. The molecule has 0 radical (unpaired) electrons. The lowest BCUT2D eigenvalue weighted by Gasteiger charge is -2.25. The van der Waals surface area contributed by atoms with Gasteiger partial charge in [-0.05, 0) is 55.0 Å². The first kappa shape index (κ1) is 20.9. The van der Waals surface area contributed by atoms with Gasteiger partial charge in [-0.1, -0.05) is 18.5 Å². The summed E-state index contributed by atoms with van der Waals surface area (Å²) in [6.45, 7) is 4.91. The number of primary amides is 1. The topological polar surface area (TPSA) is 70.4 Å². The van der Waals surface area contributed by atoms with Crippen LogP contribution in [0.2, 0.25) is 5.02 Å². The van der Waals surface area contributed by atoms with E-state index in [1.807, 2.05) is 12.1 Å². The van der Waals surface area contributed by atoms with Crippen molar-refractivity contribution in [2.45, 2.75) is 19.9 Å². The summed E-state index contributed by atoms with van der Waals surface area (Å²) in [6, 6.07) is 7.24. The monoisotopic (exact) mass is 430 g/mol. The maximum atomic E-state index is 12.0. The first-order chi connectivity index (χ1) is 12.0. The molecule has 0 spiro atoms. The number of benzene rings is 1. The van der Waals surface area contributed by atoms with Gasteiger partial charge in [0.05, 0.1) is 5.56 Å². The van der Waals surface area contributed by atoms with E-state index in [1.54, 1.807) is 23.5 Å². The van der Waals surface area contributed by atoms with E-state index in [4.69, 9.17) is 29.6 Å². The van der Waals surface area contributed by atoms with Crippen molar-refractivity contribution in [3.05, 3.63) is 45.3 Å². The molecule has 1 aromatic carbocycles.